The van der Waals surface area contributed by atoms with Gasteiger partial charge in [-0.2, -0.15) is 0 Å². The second kappa shape index (κ2) is 10.1. The van der Waals surface area contributed by atoms with Gasteiger partial charge in [0.05, 0.1) is 0 Å². The number of rotatable bonds is 7. The van der Waals surface area contributed by atoms with Gasteiger partial charge in [0.2, 0.25) is 0 Å². The lowest BCUT2D eigenvalue weighted by molar-refractivity contribution is -0.282. The molecule has 0 bridgehead atoms. The van der Waals surface area contributed by atoms with E-state index in [2.05, 4.69) is 20.1 Å². The van der Waals surface area contributed by atoms with E-state index in [1.165, 1.54) is 0 Å². The molecule has 0 aliphatic carbocycles. The summed E-state index contributed by atoms with van der Waals surface area (Å²) in [5.41, 5.74) is 17.8. The molecule has 0 spiro atoms. The van der Waals surface area contributed by atoms with Crippen molar-refractivity contribution in [2.45, 2.75) is 58.0 Å². The number of carbonyl (C=O) groups excluding carboxylic acids is 4. The Labute approximate surface area is 163 Å². The van der Waals surface area contributed by atoms with Gasteiger partial charge in [-0.1, -0.05) is 0 Å². The van der Waals surface area contributed by atoms with Crippen LogP contribution in [0.1, 0.15) is 27.7 Å². The smallest absolute Gasteiger partial charge is 0.303 e. The van der Waals surface area contributed by atoms with Crippen molar-refractivity contribution in [2.24, 2.45) is 10.2 Å². The third-order valence-corrected chi connectivity index (χ3v) is 3.41. The van der Waals surface area contributed by atoms with E-state index in [0.717, 1.165) is 27.7 Å². The van der Waals surface area contributed by atoms with Crippen LogP contribution in [0.2, 0.25) is 0 Å². The fourth-order valence-corrected chi connectivity index (χ4v) is 2.57. The lowest BCUT2D eigenvalue weighted by atomic mass is 9.94. The van der Waals surface area contributed by atoms with Crippen molar-refractivity contribution in [1.82, 2.24) is 0 Å². The molecule has 0 aromatic rings. The molecule has 1 saturated heterocycles. The summed E-state index contributed by atoms with van der Waals surface area (Å²) in [5, 5.41) is 6.55. The first-order chi connectivity index (χ1) is 13.6. The van der Waals surface area contributed by atoms with E-state index in [1.807, 2.05) is 0 Å². The Balaban J connectivity index is 3.63. The molecule has 1 aliphatic rings. The maximum absolute atomic E-state index is 11.6. The molecule has 0 amide bonds. The number of esters is 4. The van der Waals surface area contributed by atoms with Crippen LogP contribution in [0, 0.1) is 0 Å². The highest BCUT2D eigenvalue weighted by atomic mass is 16.7. The zero-order chi connectivity index (χ0) is 22.2. The number of azide groups is 1. The van der Waals surface area contributed by atoms with E-state index in [9.17, 15) is 19.2 Å². The van der Waals surface area contributed by atoms with Crippen LogP contribution >= 0.6 is 0 Å². The molecule has 1 rings (SSSR count). The normalized spacial score (nSPS) is 28.0. The third-order valence-electron chi connectivity index (χ3n) is 3.41. The van der Waals surface area contributed by atoms with Gasteiger partial charge in [0.1, 0.15) is 12.7 Å². The zero-order valence-corrected chi connectivity index (χ0v) is 15.9. The second-order valence-electron chi connectivity index (χ2n) is 5.67. The van der Waals surface area contributed by atoms with Crippen molar-refractivity contribution in [3.05, 3.63) is 20.9 Å². The minimum absolute atomic E-state index is 0.568. The van der Waals surface area contributed by atoms with E-state index in [-0.39, 0.29) is 0 Å². The van der Waals surface area contributed by atoms with Gasteiger partial charge in [-0.25, -0.2) is 0 Å². The molecule has 0 radical (unpaired) electrons. The van der Waals surface area contributed by atoms with Crippen molar-refractivity contribution in [1.29, 1.82) is 0 Å². The molecule has 0 aromatic carbocycles. The highest BCUT2D eigenvalue weighted by Gasteiger charge is 2.60. The summed E-state index contributed by atoms with van der Waals surface area (Å²) in [6.45, 7) is 3.55. The van der Waals surface area contributed by atoms with Crippen molar-refractivity contribution in [2.75, 3.05) is 6.61 Å². The van der Waals surface area contributed by atoms with Crippen LogP contribution in [0.4, 0.5) is 0 Å². The Morgan fingerprint density at radius 3 is 1.76 bits per heavy atom. The van der Waals surface area contributed by atoms with E-state index < -0.39 is 60.7 Å². The van der Waals surface area contributed by atoms with Gasteiger partial charge < -0.3 is 23.7 Å². The summed E-state index contributed by atoms with van der Waals surface area (Å²) >= 11 is 0. The summed E-state index contributed by atoms with van der Waals surface area (Å²) < 4.78 is 25.6. The summed E-state index contributed by atoms with van der Waals surface area (Å²) in [7, 11) is 0. The highest BCUT2D eigenvalue weighted by molar-refractivity contribution is 5.68. The van der Waals surface area contributed by atoms with Gasteiger partial charge in [0.25, 0.3) is 5.85 Å². The maximum atomic E-state index is 11.6. The predicted octanol–water partition coefficient (Wildman–Crippen LogP) is 1.02. The molecule has 0 aromatic heterocycles. The Bertz CT molecular complexity index is 756. The number of hydrogen-bond acceptors (Lipinski definition) is 11. The molecular formula is C14H18N6O9. The monoisotopic (exact) mass is 414 g/mol. The van der Waals surface area contributed by atoms with Gasteiger partial charge in [-0.15, -0.1) is 0 Å². The molecule has 0 saturated carbocycles. The lowest BCUT2D eigenvalue weighted by Gasteiger charge is -2.47. The van der Waals surface area contributed by atoms with Crippen LogP contribution < -0.4 is 0 Å². The molecule has 0 unspecified atom stereocenters. The molecule has 15 heteroatoms. The van der Waals surface area contributed by atoms with Crippen LogP contribution in [0.5, 0.6) is 0 Å². The van der Waals surface area contributed by atoms with Crippen LogP contribution in [0.3, 0.4) is 0 Å². The Hall–Kier alpha value is -3.54. The molecule has 158 valence electrons. The molecule has 1 aliphatic heterocycles. The van der Waals surface area contributed by atoms with Crippen molar-refractivity contribution >= 4 is 23.9 Å². The lowest BCUT2D eigenvalue weighted by Crippen LogP contribution is -2.66. The largest absolute Gasteiger partial charge is 0.463 e. The van der Waals surface area contributed by atoms with E-state index in [1.54, 1.807) is 0 Å². The van der Waals surface area contributed by atoms with Gasteiger partial charge in [0, 0.05) is 37.5 Å². The Morgan fingerprint density at radius 1 is 0.862 bits per heavy atom. The van der Waals surface area contributed by atoms with E-state index in [4.69, 9.17) is 34.7 Å². The first-order valence-corrected chi connectivity index (χ1v) is 8.01. The van der Waals surface area contributed by atoms with Crippen LogP contribution in [-0.4, -0.2) is 60.7 Å². The van der Waals surface area contributed by atoms with E-state index in [0.29, 0.717) is 0 Å². The Kier molecular flexibility index (Phi) is 8.21. The minimum Gasteiger partial charge on any atom is -0.463 e. The molecule has 15 nitrogen and oxygen atoms in total. The maximum Gasteiger partial charge on any atom is 0.303 e. The van der Waals surface area contributed by atoms with Crippen LogP contribution in [0.15, 0.2) is 10.2 Å². The van der Waals surface area contributed by atoms with Crippen molar-refractivity contribution < 1.29 is 42.9 Å². The highest BCUT2D eigenvalue weighted by Crippen LogP contribution is 2.38. The number of nitrogens with zero attached hydrogens (tertiary/aromatic N) is 6. The molecular weight excluding hydrogens is 396 g/mol. The average molecular weight is 414 g/mol. The number of carbonyl (C=O) groups is 4. The second-order valence-corrected chi connectivity index (χ2v) is 5.67. The summed E-state index contributed by atoms with van der Waals surface area (Å²) in [6.07, 6.45) is -6.36. The standard InChI is InChI=1S/C14H18N6O9/c1-6(21)25-5-10-11(26-7(2)22)12(27-8(3)23)13(28-9(4)24)14(29-10,17-19-15)18-20-16/h10-13H,5H2,1-4H3/t10-,11-,12+,13-/m1/s1. The molecule has 1 fully saturated rings. The fraction of sp³-hybridized carbons (Fsp3) is 0.714. The van der Waals surface area contributed by atoms with Crippen LogP contribution in [0.25, 0.3) is 20.9 Å². The Morgan fingerprint density at radius 2 is 1.34 bits per heavy atom. The topological polar surface area (TPSA) is 212 Å². The summed E-state index contributed by atoms with van der Waals surface area (Å²) in [4.78, 5) is 51.1. The quantitative estimate of drug-likeness (QED) is 0.191. The number of ether oxygens (including phenoxy) is 5. The summed E-state index contributed by atoms with van der Waals surface area (Å²) in [6, 6.07) is 0. The van der Waals surface area contributed by atoms with Gasteiger partial charge in [-0.3, -0.25) is 19.2 Å². The zero-order valence-electron chi connectivity index (χ0n) is 15.9. The third kappa shape index (κ3) is 6.24. The molecule has 0 N–H and O–H groups in total. The van der Waals surface area contributed by atoms with Gasteiger partial charge >= 0.3 is 23.9 Å². The first-order valence-electron chi connectivity index (χ1n) is 8.01. The predicted molar refractivity (Wildman–Crippen MR) is 89.2 cm³/mol. The van der Waals surface area contributed by atoms with E-state index >= 15 is 0 Å². The molecule has 4 atom stereocenters. The first kappa shape index (κ1) is 23.5. The van der Waals surface area contributed by atoms with Crippen LogP contribution in [-0.2, 0) is 42.9 Å². The number of hydrogen-bond donors (Lipinski definition) is 0. The average Bonchev–Trinajstić information content (AvgIpc) is 2.58. The SMILES string of the molecule is CC(=O)OC[C@H]1OC(N=[N+]=[N-])(N=[N+]=[N-])[C@H](OC(C)=O)[C@@H](OC(C)=O)[C@@H]1OC(C)=O. The minimum atomic E-state index is -2.57. The van der Waals surface area contributed by atoms with Crippen molar-refractivity contribution in [3.8, 4) is 0 Å². The van der Waals surface area contributed by atoms with Gasteiger partial charge in [0.15, 0.2) is 18.3 Å². The van der Waals surface area contributed by atoms with Crippen molar-refractivity contribution in [3.63, 3.8) is 0 Å². The molecule has 1 heterocycles. The fourth-order valence-electron chi connectivity index (χ4n) is 2.57. The summed E-state index contributed by atoms with van der Waals surface area (Å²) in [5.74, 6) is -5.99. The molecule has 29 heavy (non-hydrogen) atoms. The van der Waals surface area contributed by atoms with Gasteiger partial charge in [-0.05, 0) is 21.3 Å².